The van der Waals surface area contributed by atoms with Gasteiger partial charge in [0.25, 0.3) is 5.91 Å². The van der Waals surface area contributed by atoms with E-state index in [1.54, 1.807) is 17.6 Å². The smallest absolute Gasteiger partial charge is 0.253 e. The van der Waals surface area contributed by atoms with Crippen molar-refractivity contribution in [3.8, 4) is 0 Å². The molecular weight excluding hydrogens is 260 g/mol. The Morgan fingerprint density at radius 2 is 2.42 bits per heavy atom. The molecule has 1 aromatic heterocycles. The summed E-state index contributed by atoms with van der Waals surface area (Å²) >= 11 is 1.66. The first-order valence-corrected chi connectivity index (χ1v) is 7.67. The third kappa shape index (κ3) is 2.52. The van der Waals surface area contributed by atoms with Gasteiger partial charge in [0, 0.05) is 24.0 Å². The summed E-state index contributed by atoms with van der Waals surface area (Å²) in [5, 5.41) is 3.13. The van der Waals surface area contributed by atoms with Crippen molar-refractivity contribution in [2.45, 2.75) is 38.6 Å². The van der Waals surface area contributed by atoms with Crippen LogP contribution in [0, 0.1) is 6.92 Å². The topological polar surface area (TPSA) is 42.4 Å². The molecule has 19 heavy (non-hydrogen) atoms. The summed E-state index contributed by atoms with van der Waals surface area (Å²) in [6, 6.07) is 0.154. The summed E-state index contributed by atoms with van der Waals surface area (Å²) < 4.78 is 5.19. The van der Waals surface area contributed by atoms with Gasteiger partial charge in [-0.15, -0.1) is 11.3 Å². The molecule has 1 aromatic rings. The molecule has 1 atom stereocenters. The number of ether oxygens (including phenoxy) is 1. The number of rotatable bonds is 2. The Morgan fingerprint density at radius 1 is 1.53 bits per heavy atom. The third-order valence-corrected chi connectivity index (χ3v) is 4.74. The van der Waals surface area contributed by atoms with Crippen LogP contribution in [0.2, 0.25) is 0 Å². The summed E-state index contributed by atoms with van der Waals surface area (Å²) in [5.74, 6) is 0.134. The van der Waals surface area contributed by atoms with Gasteiger partial charge in [-0.1, -0.05) is 0 Å². The lowest BCUT2D eigenvalue weighted by molar-refractivity contribution is -0.131. The second kappa shape index (κ2) is 5.33. The molecule has 1 unspecified atom stereocenters. The van der Waals surface area contributed by atoms with Gasteiger partial charge in [0.05, 0.1) is 24.5 Å². The summed E-state index contributed by atoms with van der Waals surface area (Å²) in [7, 11) is 0. The van der Waals surface area contributed by atoms with Crippen molar-refractivity contribution in [1.82, 2.24) is 9.88 Å². The number of hydrogen-bond donors (Lipinski definition) is 0. The van der Waals surface area contributed by atoms with Gasteiger partial charge in [-0.05, 0) is 26.2 Å². The highest BCUT2D eigenvalue weighted by Crippen LogP contribution is 2.34. The molecule has 0 N–H and O–H groups in total. The van der Waals surface area contributed by atoms with Gasteiger partial charge in [-0.2, -0.15) is 0 Å². The Kier molecular flexibility index (Phi) is 3.55. The predicted octanol–water partition coefficient (Wildman–Crippen LogP) is 2.81. The molecule has 1 saturated heterocycles. The van der Waals surface area contributed by atoms with Crippen LogP contribution in [0.15, 0.2) is 17.2 Å². The first-order valence-electron chi connectivity index (χ1n) is 6.79. The van der Waals surface area contributed by atoms with Crippen molar-refractivity contribution >= 4 is 17.2 Å². The molecule has 0 radical (unpaired) electrons. The Morgan fingerprint density at radius 3 is 3.11 bits per heavy atom. The molecule has 2 aliphatic rings. The number of carbonyl (C=O) groups excluding carboxylic acids is 1. The zero-order valence-corrected chi connectivity index (χ0v) is 11.9. The summed E-state index contributed by atoms with van der Waals surface area (Å²) in [5.41, 5.74) is 1.85. The number of carbonyl (C=O) groups is 1. The van der Waals surface area contributed by atoms with Crippen LogP contribution in [0.4, 0.5) is 0 Å². The molecular formula is C14H18N2O2S. The molecule has 5 heteroatoms. The van der Waals surface area contributed by atoms with Gasteiger partial charge in [-0.25, -0.2) is 4.98 Å². The van der Waals surface area contributed by atoms with E-state index in [4.69, 9.17) is 4.74 Å². The van der Waals surface area contributed by atoms with Gasteiger partial charge in [0.15, 0.2) is 0 Å². The minimum Gasteiger partial charge on any atom is -0.500 e. The van der Waals surface area contributed by atoms with Crippen molar-refractivity contribution in [1.29, 1.82) is 0 Å². The van der Waals surface area contributed by atoms with E-state index in [-0.39, 0.29) is 11.9 Å². The molecule has 0 aromatic carbocycles. The quantitative estimate of drug-likeness (QED) is 0.835. The SMILES string of the molecule is Cc1csc(C2CCCCN2C(=O)C2=COCC2)n1. The van der Waals surface area contributed by atoms with E-state index in [9.17, 15) is 4.79 Å². The predicted molar refractivity (Wildman–Crippen MR) is 73.8 cm³/mol. The fraction of sp³-hybridized carbons (Fsp3) is 0.571. The van der Waals surface area contributed by atoms with E-state index in [2.05, 4.69) is 10.4 Å². The van der Waals surface area contributed by atoms with Gasteiger partial charge in [0.2, 0.25) is 0 Å². The second-order valence-corrected chi connectivity index (χ2v) is 5.99. The molecule has 1 fully saturated rings. The molecule has 4 nitrogen and oxygen atoms in total. The Labute approximate surface area is 117 Å². The van der Waals surface area contributed by atoms with Crippen LogP contribution in [0.25, 0.3) is 0 Å². The zero-order valence-electron chi connectivity index (χ0n) is 11.1. The molecule has 3 heterocycles. The number of thiazole rings is 1. The highest BCUT2D eigenvalue weighted by Gasteiger charge is 2.32. The lowest BCUT2D eigenvalue weighted by Gasteiger charge is -2.34. The van der Waals surface area contributed by atoms with E-state index in [1.807, 2.05) is 11.8 Å². The fourth-order valence-electron chi connectivity index (χ4n) is 2.69. The third-order valence-electron chi connectivity index (χ3n) is 3.68. The number of hydrogen-bond acceptors (Lipinski definition) is 4. The zero-order chi connectivity index (χ0) is 13.2. The molecule has 0 spiro atoms. The van der Waals surface area contributed by atoms with E-state index >= 15 is 0 Å². The number of nitrogens with zero attached hydrogens (tertiary/aromatic N) is 2. The Balaban J connectivity index is 1.82. The Hall–Kier alpha value is -1.36. The van der Waals surface area contributed by atoms with Gasteiger partial charge < -0.3 is 9.64 Å². The maximum Gasteiger partial charge on any atom is 0.253 e. The lowest BCUT2D eigenvalue weighted by atomic mass is 10.0. The van der Waals surface area contributed by atoms with Crippen molar-refractivity contribution in [2.75, 3.05) is 13.2 Å². The second-order valence-electron chi connectivity index (χ2n) is 5.10. The van der Waals surface area contributed by atoms with Crippen molar-refractivity contribution in [3.63, 3.8) is 0 Å². The highest BCUT2D eigenvalue weighted by molar-refractivity contribution is 7.09. The number of piperidine rings is 1. The van der Waals surface area contributed by atoms with Gasteiger partial charge in [0.1, 0.15) is 5.01 Å². The van der Waals surface area contributed by atoms with Crippen LogP contribution in [0.1, 0.15) is 42.4 Å². The van der Waals surface area contributed by atoms with Crippen molar-refractivity contribution in [3.05, 3.63) is 27.9 Å². The maximum atomic E-state index is 12.5. The van der Waals surface area contributed by atoms with Crippen LogP contribution in [-0.2, 0) is 9.53 Å². The van der Waals surface area contributed by atoms with Crippen molar-refractivity contribution in [2.24, 2.45) is 0 Å². The number of aromatic nitrogens is 1. The fourth-order valence-corrected chi connectivity index (χ4v) is 3.63. The molecule has 102 valence electrons. The monoisotopic (exact) mass is 278 g/mol. The summed E-state index contributed by atoms with van der Waals surface area (Å²) in [4.78, 5) is 19.1. The van der Waals surface area contributed by atoms with E-state index in [0.717, 1.165) is 42.1 Å². The largest absolute Gasteiger partial charge is 0.500 e. The minimum atomic E-state index is 0.134. The standard InChI is InChI=1S/C14H18N2O2S/c1-10-9-19-13(15-10)12-4-2-3-6-16(12)14(17)11-5-7-18-8-11/h8-9,12H,2-7H2,1H3. The Bertz CT molecular complexity index is 509. The molecule has 2 aliphatic heterocycles. The molecule has 0 aliphatic carbocycles. The molecule has 1 amide bonds. The normalized spacial score (nSPS) is 23.1. The number of likely N-dealkylation sites (tertiary alicyclic amines) is 1. The molecule has 0 saturated carbocycles. The van der Waals surface area contributed by atoms with Crippen LogP contribution >= 0.6 is 11.3 Å². The lowest BCUT2D eigenvalue weighted by Crippen LogP contribution is -2.39. The van der Waals surface area contributed by atoms with Gasteiger partial charge >= 0.3 is 0 Å². The van der Waals surface area contributed by atoms with Crippen molar-refractivity contribution < 1.29 is 9.53 Å². The van der Waals surface area contributed by atoms with Gasteiger partial charge in [-0.3, -0.25) is 4.79 Å². The number of amides is 1. The highest BCUT2D eigenvalue weighted by atomic mass is 32.1. The van der Waals surface area contributed by atoms with E-state index in [0.29, 0.717) is 6.61 Å². The molecule has 0 bridgehead atoms. The van der Waals surface area contributed by atoms with Crippen LogP contribution < -0.4 is 0 Å². The molecule has 3 rings (SSSR count). The average molecular weight is 278 g/mol. The summed E-state index contributed by atoms with van der Waals surface area (Å²) in [6.45, 7) is 3.47. The average Bonchev–Trinajstić information content (AvgIpc) is 3.09. The minimum absolute atomic E-state index is 0.134. The number of aryl methyl sites for hydroxylation is 1. The first kappa shape index (κ1) is 12.7. The van der Waals surface area contributed by atoms with Crippen LogP contribution in [0.3, 0.4) is 0 Å². The van der Waals surface area contributed by atoms with E-state index < -0.39 is 0 Å². The maximum absolute atomic E-state index is 12.5. The van der Waals surface area contributed by atoms with Crippen LogP contribution in [-0.4, -0.2) is 28.9 Å². The van der Waals surface area contributed by atoms with Crippen LogP contribution in [0.5, 0.6) is 0 Å². The first-order chi connectivity index (χ1) is 9.25. The van der Waals surface area contributed by atoms with E-state index in [1.165, 1.54) is 6.42 Å². The summed E-state index contributed by atoms with van der Waals surface area (Å²) in [6.07, 6.45) is 5.64.